The number of methoxy groups -OCH3 is 1. The lowest BCUT2D eigenvalue weighted by molar-refractivity contribution is -0.115. The number of aryl methyl sites for hydroxylation is 1. The van der Waals surface area contributed by atoms with Crippen LogP contribution in [0.2, 0.25) is 5.02 Å². The zero-order valence-corrected chi connectivity index (χ0v) is 22.5. The molecule has 0 aliphatic heterocycles. The molecule has 4 aromatic rings. The summed E-state index contributed by atoms with van der Waals surface area (Å²) in [5.74, 6) is 0.251. The molecule has 4 rings (SSSR count). The Labute approximate surface area is 226 Å². The van der Waals surface area contributed by atoms with Crippen LogP contribution in [0, 0.1) is 6.92 Å². The number of benzene rings is 4. The van der Waals surface area contributed by atoms with Crippen LogP contribution in [0.5, 0.6) is 5.75 Å². The lowest BCUT2D eigenvalue weighted by Gasteiger charge is -2.18. The first kappa shape index (κ1) is 26.6. The number of hydrogen-bond acceptors (Lipinski definition) is 5. The van der Waals surface area contributed by atoms with Gasteiger partial charge in [0, 0.05) is 15.6 Å². The average molecular weight is 553 g/mol. The fourth-order valence-electron chi connectivity index (χ4n) is 3.55. The maximum Gasteiger partial charge on any atom is 0.261 e. The van der Waals surface area contributed by atoms with Gasteiger partial charge >= 0.3 is 0 Å². The largest absolute Gasteiger partial charge is 0.495 e. The molecule has 1 unspecified atom stereocenters. The third-order valence-corrected chi connectivity index (χ3v) is 8.35. The van der Waals surface area contributed by atoms with Crippen LogP contribution in [-0.4, -0.2) is 21.4 Å². The Morgan fingerprint density at radius 1 is 0.919 bits per heavy atom. The summed E-state index contributed by atoms with van der Waals surface area (Å²) in [6, 6.07) is 28.0. The van der Waals surface area contributed by atoms with E-state index in [1.165, 1.54) is 18.9 Å². The number of sulfonamides is 1. The third-order valence-electron chi connectivity index (χ3n) is 5.45. The monoisotopic (exact) mass is 552 g/mol. The summed E-state index contributed by atoms with van der Waals surface area (Å²) in [6.45, 7) is 1.90. The Balaban J connectivity index is 1.54. The second-order valence-corrected chi connectivity index (χ2v) is 11.5. The molecule has 9 heteroatoms. The third kappa shape index (κ3) is 6.85. The number of ether oxygens (including phenoxy) is 1. The lowest BCUT2D eigenvalue weighted by Crippen LogP contribution is -2.19. The Bertz CT molecular complexity index is 1480. The van der Waals surface area contributed by atoms with Gasteiger partial charge in [-0.15, -0.1) is 11.8 Å². The van der Waals surface area contributed by atoms with Crippen LogP contribution in [0.25, 0.3) is 0 Å². The van der Waals surface area contributed by atoms with Crippen LogP contribution in [0.1, 0.15) is 16.4 Å². The van der Waals surface area contributed by atoms with Gasteiger partial charge in [0.2, 0.25) is 5.91 Å². The van der Waals surface area contributed by atoms with Gasteiger partial charge in [0.05, 0.1) is 17.7 Å². The van der Waals surface area contributed by atoms with E-state index in [0.29, 0.717) is 22.1 Å². The van der Waals surface area contributed by atoms with Crippen molar-refractivity contribution < 1.29 is 17.9 Å². The van der Waals surface area contributed by atoms with E-state index in [9.17, 15) is 13.2 Å². The molecular formula is C28H25ClN2O4S2. The number of rotatable bonds is 9. The van der Waals surface area contributed by atoms with Crippen LogP contribution in [0.4, 0.5) is 11.4 Å². The summed E-state index contributed by atoms with van der Waals surface area (Å²) in [7, 11) is -2.19. The van der Waals surface area contributed by atoms with Crippen molar-refractivity contribution in [1.29, 1.82) is 0 Å². The zero-order valence-electron chi connectivity index (χ0n) is 20.1. The normalized spacial score (nSPS) is 12.0. The Kier molecular flexibility index (Phi) is 8.43. The van der Waals surface area contributed by atoms with E-state index < -0.39 is 15.3 Å². The molecule has 0 fully saturated rings. The standard InChI is InChI=1S/C28H25ClN2O4S2/c1-19-8-15-24(16-9-19)37(33,34)31-22-11-13-23(14-12-22)36-27(20-6-4-3-5-7-20)28(32)30-25-18-21(29)10-17-26(25)35-2/h3-18,27,31H,1-2H3,(H,30,32). The smallest absolute Gasteiger partial charge is 0.261 e. The van der Waals surface area contributed by atoms with Gasteiger partial charge in [0.1, 0.15) is 11.0 Å². The zero-order chi connectivity index (χ0) is 26.4. The highest BCUT2D eigenvalue weighted by atomic mass is 35.5. The van der Waals surface area contributed by atoms with Crippen molar-refractivity contribution in [3.8, 4) is 5.75 Å². The Hall–Kier alpha value is -3.46. The van der Waals surface area contributed by atoms with E-state index in [1.54, 1.807) is 66.7 Å². The molecule has 1 atom stereocenters. The lowest BCUT2D eigenvalue weighted by atomic mass is 10.1. The van der Waals surface area contributed by atoms with E-state index in [1.807, 2.05) is 37.3 Å². The minimum Gasteiger partial charge on any atom is -0.495 e. The highest BCUT2D eigenvalue weighted by Gasteiger charge is 2.23. The maximum absolute atomic E-state index is 13.4. The molecular weight excluding hydrogens is 528 g/mol. The number of thioether (sulfide) groups is 1. The molecule has 0 aromatic heterocycles. The minimum atomic E-state index is -3.71. The van der Waals surface area contributed by atoms with Crippen LogP contribution < -0.4 is 14.8 Å². The van der Waals surface area contributed by atoms with Crippen molar-refractivity contribution in [1.82, 2.24) is 0 Å². The van der Waals surface area contributed by atoms with Gasteiger partial charge in [0.25, 0.3) is 10.0 Å². The molecule has 0 bridgehead atoms. The van der Waals surface area contributed by atoms with Gasteiger partial charge in [0.15, 0.2) is 0 Å². The van der Waals surface area contributed by atoms with Crippen molar-refractivity contribution in [2.75, 3.05) is 17.1 Å². The summed E-state index contributed by atoms with van der Waals surface area (Å²) in [5, 5.41) is 2.82. The minimum absolute atomic E-state index is 0.189. The van der Waals surface area contributed by atoms with E-state index in [-0.39, 0.29) is 10.8 Å². The molecule has 0 heterocycles. The molecule has 0 saturated heterocycles. The van der Waals surface area contributed by atoms with Crippen molar-refractivity contribution >= 4 is 50.7 Å². The molecule has 190 valence electrons. The molecule has 6 nitrogen and oxygen atoms in total. The first-order chi connectivity index (χ1) is 17.7. The maximum atomic E-state index is 13.4. The number of nitrogens with one attached hydrogen (secondary N) is 2. The second-order valence-electron chi connectivity index (χ2n) is 8.19. The average Bonchev–Trinajstić information content (AvgIpc) is 2.89. The van der Waals surface area contributed by atoms with Crippen LogP contribution in [0.3, 0.4) is 0 Å². The van der Waals surface area contributed by atoms with Gasteiger partial charge < -0.3 is 10.1 Å². The van der Waals surface area contributed by atoms with Gasteiger partial charge in [-0.1, -0.05) is 59.6 Å². The first-order valence-corrected chi connectivity index (χ1v) is 14.0. The fraction of sp³-hybridized carbons (Fsp3) is 0.107. The van der Waals surface area contributed by atoms with Crippen molar-refractivity contribution in [3.63, 3.8) is 0 Å². The molecule has 37 heavy (non-hydrogen) atoms. The predicted molar refractivity (Wildman–Crippen MR) is 150 cm³/mol. The first-order valence-electron chi connectivity index (χ1n) is 11.3. The van der Waals surface area contributed by atoms with Gasteiger partial charge in [-0.25, -0.2) is 8.42 Å². The number of anilines is 2. The highest BCUT2D eigenvalue weighted by Crippen LogP contribution is 2.38. The topological polar surface area (TPSA) is 84.5 Å². The quantitative estimate of drug-likeness (QED) is 0.220. The Morgan fingerprint density at radius 3 is 2.24 bits per heavy atom. The van der Waals surface area contributed by atoms with E-state index in [0.717, 1.165) is 16.0 Å². The predicted octanol–water partition coefficient (Wildman–Crippen LogP) is 6.93. The number of amides is 1. The van der Waals surface area contributed by atoms with Crippen molar-refractivity contribution in [2.45, 2.75) is 22.0 Å². The molecule has 0 saturated carbocycles. The number of carbonyl (C=O) groups is 1. The van der Waals surface area contributed by atoms with Gasteiger partial charge in [-0.3, -0.25) is 9.52 Å². The second kappa shape index (κ2) is 11.7. The van der Waals surface area contributed by atoms with Crippen LogP contribution in [-0.2, 0) is 14.8 Å². The summed E-state index contributed by atoms with van der Waals surface area (Å²) >= 11 is 7.48. The van der Waals surface area contributed by atoms with Gasteiger partial charge in [-0.2, -0.15) is 0 Å². The molecule has 4 aromatic carbocycles. The summed E-state index contributed by atoms with van der Waals surface area (Å²) in [4.78, 5) is 14.4. The Morgan fingerprint density at radius 2 is 1.59 bits per heavy atom. The van der Waals surface area contributed by atoms with E-state index in [2.05, 4.69) is 10.0 Å². The molecule has 0 aliphatic carbocycles. The summed E-state index contributed by atoms with van der Waals surface area (Å²) < 4.78 is 33.4. The fourth-order valence-corrected chi connectivity index (χ4v) is 5.80. The van der Waals surface area contributed by atoms with Crippen LogP contribution >= 0.6 is 23.4 Å². The van der Waals surface area contributed by atoms with E-state index >= 15 is 0 Å². The molecule has 0 aliphatic rings. The SMILES string of the molecule is COc1ccc(Cl)cc1NC(=O)C(Sc1ccc(NS(=O)(=O)c2ccc(C)cc2)cc1)c1ccccc1. The summed E-state index contributed by atoms with van der Waals surface area (Å²) in [5.41, 5.74) is 2.69. The molecule has 0 spiro atoms. The number of carbonyl (C=O) groups excluding carboxylic acids is 1. The number of hydrogen-bond donors (Lipinski definition) is 2. The molecule has 2 N–H and O–H groups in total. The highest BCUT2D eigenvalue weighted by molar-refractivity contribution is 8.00. The summed E-state index contributed by atoms with van der Waals surface area (Å²) in [6.07, 6.45) is 0. The van der Waals surface area contributed by atoms with E-state index in [4.69, 9.17) is 16.3 Å². The van der Waals surface area contributed by atoms with Crippen molar-refractivity contribution in [3.05, 3.63) is 113 Å². The van der Waals surface area contributed by atoms with Gasteiger partial charge in [-0.05, 0) is 67.1 Å². The van der Waals surface area contributed by atoms with Crippen molar-refractivity contribution in [2.24, 2.45) is 0 Å². The molecule has 0 radical (unpaired) electrons. The number of halogens is 1. The van der Waals surface area contributed by atoms with Crippen LogP contribution in [0.15, 0.2) is 107 Å². The molecule has 1 amide bonds.